The lowest BCUT2D eigenvalue weighted by Gasteiger charge is -2.15. The second kappa shape index (κ2) is 7.92. The maximum Gasteiger partial charge on any atom is 0.161 e. The van der Waals surface area contributed by atoms with Crippen molar-refractivity contribution in [2.24, 2.45) is 5.73 Å². The van der Waals surface area contributed by atoms with Crippen LogP contribution >= 0.6 is 0 Å². The molecule has 0 aromatic heterocycles. The lowest BCUT2D eigenvalue weighted by atomic mass is 10.2. The van der Waals surface area contributed by atoms with Crippen LogP contribution in [0.2, 0.25) is 0 Å². The number of ether oxygens (including phenoxy) is 3. The SMILES string of the molecule is CCOc1cc(CN)ccc1OCC(O)COC. The summed E-state index contributed by atoms with van der Waals surface area (Å²) in [5.41, 5.74) is 6.55. The van der Waals surface area contributed by atoms with Crippen LogP contribution in [0, 0.1) is 0 Å². The van der Waals surface area contributed by atoms with Gasteiger partial charge in [0.05, 0.1) is 13.2 Å². The molecule has 18 heavy (non-hydrogen) atoms. The zero-order valence-corrected chi connectivity index (χ0v) is 10.9. The van der Waals surface area contributed by atoms with Crippen molar-refractivity contribution < 1.29 is 19.3 Å². The van der Waals surface area contributed by atoms with Crippen molar-refractivity contribution in [1.82, 2.24) is 0 Å². The Morgan fingerprint density at radius 2 is 2.00 bits per heavy atom. The maximum absolute atomic E-state index is 9.52. The van der Waals surface area contributed by atoms with Gasteiger partial charge in [0.15, 0.2) is 11.5 Å². The van der Waals surface area contributed by atoms with Crippen molar-refractivity contribution in [3.63, 3.8) is 0 Å². The second-order valence-corrected chi connectivity index (χ2v) is 3.84. The van der Waals surface area contributed by atoms with E-state index in [1.807, 2.05) is 19.1 Å². The lowest BCUT2D eigenvalue weighted by molar-refractivity contribution is 0.0318. The fourth-order valence-electron chi connectivity index (χ4n) is 1.49. The van der Waals surface area contributed by atoms with E-state index < -0.39 is 6.10 Å². The molecule has 5 nitrogen and oxygen atoms in total. The Morgan fingerprint density at radius 1 is 1.22 bits per heavy atom. The smallest absolute Gasteiger partial charge is 0.161 e. The molecule has 0 spiro atoms. The minimum atomic E-state index is -0.654. The van der Waals surface area contributed by atoms with Gasteiger partial charge in [-0.15, -0.1) is 0 Å². The molecule has 0 aliphatic carbocycles. The zero-order chi connectivity index (χ0) is 13.4. The van der Waals surface area contributed by atoms with Gasteiger partial charge in [0.1, 0.15) is 12.7 Å². The minimum absolute atomic E-state index is 0.163. The molecule has 1 aromatic rings. The molecule has 1 rings (SSSR count). The number of aliphatic hydroxyl groups excluding tert-OH is 1. The molecular formula is C13H21NO4. The molecule has 0 aliphatic rings. The van der Waals surface area contributed by atoms with Crippen LogP contribution < -0.4 is 15.2 Å². The third-order valence-corrected chi connectivity index (χ3v) is 2.33. The fourth-order valence-corrected chi connectivity index (χ4v) is 1.49. The quantitative estimate of drug-likeness (QED) is 0.723. The summed E-state index contributed by atoms with van der Waals surface area (Å²) in [5, 5.41) is 9.52. The molecule has 1 atom stereocenters. The monoisotopic (exact) mass is 255 g/mol. The molecular weight excluding hydrogens is 234 g/mol. The number of hydrogen-bond acceptors (Lipinski definition) is 5. The first kappa shape index (κ1) is 14.8. The molecule has 102 valence electrons. The molecule has 0 saturated heterocycles. The minimum Gasteiger partial charge on any atom is -0.490 e. The number of rotatable bonds is 8. The maximum atomic E-state index is 9.52. The van der Waals surface area contributed by atoms with E-state index in [1.165, 1.54) is 7.11 Å². The van der Waals surface area contributed by atoms with E-state index in [2.05, 4.69) is 0 Å². The Hall–Kier alpha value is -1.30. The molecule has 0 radical (unpaired) electrons. The van der Waals surface area contributed by atoms with Crippen molar-refractivity contribution >= 4 is 0 Å². The highest BCUT2D eigenvalue weighted by Crippen LogP contribution is 2.28. The molecule has 3 N–H and O–H groups in total. The Balaban J connectivity index is 2.68. The predicted molar refractivity (Wildman–Crippen MR) is 68.9 cm³/mol. The molecule has 1 unspecified atom stereocenters. The van der Waals surface area contributed by atoms with E-state index in [0.717, 1.165) is 5.56 Å². The summed E-state index contributed by atoms with van der Waals surface area (Å²) in [6.45, 7) is 3.30. The number of hydrogen-bond donors (Lipinski definition) is 2. The molecule has 0 fully saturated rings. The number of nitrogens with two attached hydrogens (primary N) is 1. The average molecular weight is 255 g/mol. The first-order chi connectivity index (χ1) is 8.71. The molecule has 0 bridgehead atoms. The van der Waals surface area contributed by atoms with Gasteiger partial charge >= 0.3 is 0 Å². The standard InChI is InChI=1S/C13H21NO4/c1-3-17-13-6-10(7-14)4-5-12(13)18-9-11(15)8-16-2/h4-6,11,15H,3,7-9,14H2,1-2H3. The van der Waals surface area contributed by atoms with Crippen molar-refractivity contribution in [3.05, 3.63) is 23.8 Å². The van der Waals surface area contributed by atoms with Crippen LogP contribution in [0.15, 0.2) is 18.2 Å². The van der Waals surface area contributed by atoms with Crippen LogP contribution in [-0.2, 0) is 11.3 Å². The predicted octanol–water partition coefficient (Wildman–Crippen LogP) is 0.930. The third kappa shape index (κ3) is 4.52. The first-order valence-electron chi connectivity index (χ1n) is 5.96. The Kier molecular flexibility index (Phi) is 6.49. The van der Waals surface area contributed by atoms with Crippen LogP contribution in [0.25, 0.3) is 0 Å². The van der Waals surface area contributed by atoms with Gasteiger partial charge in [0.25, 0.3) is 0 Å². The topological polar surface area (TPSA) is 73.9 Å². The molecule has 0 saturated carbocycles. The van der Waals surface area contributed by atoms with Crippen molar-refractivity contribution in [2.75, 3.05) is 26.9 Å². The van der Waals surface area contributed by atoms with Crippen molar-refractivity contribution in [3.8, 4) is 11.5 Å². The molecule has 5 heteroatoms. The third-order valence-electron chi connectivity index (χ3n) is 2.33. The van der Waals surface area contributed by atoms with Gasteiger partial charge in [0, 0.05) is 13.7 Å². The van der Waals surface area contributed by atoms with Gasteiger partial charge in [-0.2, -0.15) is 0 Å². The largest absolute Gasteiger partial charge is 0.490 e. The van der Waals surface area contributed by atoms with Gasteiger partial charge < -0.3 is 25.1 Å². The number of methoxy groups -OCH3 is 1. The molecule has 1 aromatic carbocycles. The summed E-state index contributed by atoms with van der Waals surface area (Å²) in [4.78, 5) is 0. The van der Waals surface area contributed by atoms with Gasteiger partial charge in [-0.1, -0.05) is 6.07 Å². The second-order valence-electron chi connectivity index (χ2n) is 3.84. The highest BCUT2D eigenvalue weighted by atomic mass is 16.5. The average Bonchev–Trinajstić information content (AvgIpc) is 2.38. The van der Waals surface area contributed by atoms with Crippen LogP contribution in [-0.4, -0.2) is 38.1 Å². The van der Waals surface area contributed by atoms with Crippen molar-refractivity contribution in [1.29, 1.82) is 0 Å². The molecule has 0 aliphatic heterocycles. The van der Waals surface area contributed by atoms with E-state index in [0.29, 0.717) is 24.7 Å². The summed E-state index contributed by atoms with van der Waals surface area (Å²) in [6, 6.07) is 5.52. The van der Waals surface area contributed by atoms with Crippen molar-refractivity contribution in [2.45, 2.75) is 19.6 Å². The van der Waals surface area contributed by atoms with Gasteiger partial charge in [0.2, 0.25) is 0 Å². The molecule has 0 heterocycles. The summed E-state index contributed by atoms with van der Waals surface area (Å²) in [7, 11) is 1.53. The lowest BCUT2D eigenvalue weighted by Crippen LogP contribution is -2.22. The number of benzene rings is 1. The summed E-state index contributed by atoms with van der Waals surface area (Å²) >= 11 is 0. The van der Waals surface area contributed by atoms with Gasteiger partial charge in [-0.05, 0) is 24.6 Å². The van der Waals surface area contributed by atoms with E-state index >= 15 is 0 Å². The summed E-state index contributed by atoms with van der Waals surface area (Å²) in [5.74, 6) is 1.24. The highest BCUT2D eigenvalue weighted by Gasteiger charge is 2.09. The fraction of sp³-hybridized carbons (Fsp3) is 0.538. The zero-order valence-electron chi connectivity index (χ0n) is 10.9. The molecule has 0 amide bonds. The van der Waals surface area contributed by atoms with E-state index in [4.69, 9.17) is 19.9 Å². The van der Waals surface area contributed by atoms with E-state index in [9.17, 15) is 5.11 Å². The summed E-state index contributed by atoms with van der Waals surface area (Å²) in [6.07, 6.45) is -0.654. The van der Waals surface area contributed by atoms with Gasteiger partial charge in [-0.3, -0.25) is 0 Å². The number of aliphatic hydroxyl groups is 1. The van der Waals surface area contributed by atoms with Crippen LogP contribution in [0.4, 0.5) is 0 Å². The highest BCUT2D eigenvalue weighted by molar-refractivity contribution is 5.43. The Bertz CT molecular complexity index is 357. The Labute approximate surface area is 107 Å². The Morgan fingerprint density at radius 3 is 2.61 bits per heavy atom. The van der Waals surface area contributed by atoms with Gasteiger partial charge in [-0.25, -0.2) is 0 Å². The van der Waals surface area contributed by atoms with E-state index in [1.54, 1.807) is 6.07 Å². The van der Waals surface area contributed by atoms with Crippen LogP contribution in [0.5, 0.6) is 11.5 Å². The van der Waals surface area contributed by atoms with Crippen LogP contribution in [0.1, 0.15) is 12.5 Å². The normalized spacial score (nSPS) is 12.2. The summed E-state index contributed by atoms with van der Waals surface area (Å²) < 4.78 is 15.8. The van der Waals surface area contributed by atoms with E-state index in [-0.39, 0.29) is 13.2 Å². The first-order valence-corrected chi connectivity index (χ1v) is 5.96. The van der Waals surface area contributed by atoms with Crippen LogP contribution in [0.3, 0.4) is 0 Å².